The summed E-state index contributed by atoms with van der Waals surface area (Å²) in [5.74, 6) is 0. The number of anilines is 1. The van der Waals surface area contributed by atoms with Crippen LogP contribution in [0.1, 0.15) is 0 Å². The highest BCUT2D eigenvalue weighted by Gasteiger charge is 2.07. The lowest BCUT2D eigenvalue weighted by Crippen LogP contribution is -2.12. The Bertz CT molecular complexity index is 466. The molecule has 0 spiro atoms. The lowest BCUT2D eigenvalue weighted by Gasteiger charge is -2.12. The van der Waals surface area contributed by atoms with Crippen molar-refractivity contribution >= 4 is 32.5 Å². The van der Waals surface area contributed by atoms with Crippen LogP contribution in [0.15, 0.2) is 34.9 Å². The molecule has 0 unspecified atom stereocenters. The second kappa shape index (κ2) is 3.58. The molecule has 0 amide bonds. The minimum absolute atomic E-state index is 1.10. The molecule has 2 nitrogen and oxygen atoms in total. The van der Waals surface area contributed by atoms with E-state index in [2.05, 4.69) is 58.1 Å². The molecule has 14 heavy (non-hydrogen) atoms. The summed E-state index contributed by atoms with van der Waals surface area (Å²) in [6, 6.07) is 8.32. The fraction of sp³-hybridized carbons (Fsp3) is 0.182. The first-order valence-electron chi connectivity index (χ1n) is 4.46. The Morgan fingerprint density at radius 2 is 2.00 bits per heavy atom. The second-order valence-electron chi connectivity index (χ2n) is 3.45. The van der Waals surface area contributed by atoms with Crippen LogP contribution < -0.4 is 9.88 Å². The number of aromatic nitrogens is 1. The number of halogens is 1. The Hall–Kier alpha value is -1.09. The van der Waals surface area contributed by atoms with Crippen molar-refractivity contribution in [2.45, 2.75) is 0 Å². The summed E-state index contributed by atoms with van der Waals surface area (Å²) in [5, 5.41) is 1.23. The fourth-order valence-corrected chi connectivity index (χ4v) is 1.91. The number of hydrogen-bond donors (Lipinski definition) is 0. The predicted molar refractivity (Wildman–Crippen MR) is 62.5 cm³/mol. The van der Waals surface area contributed by atoms with Crippen molar-refractivity contribution in [2.24, 2.45) is 0 Å². The number of benzene rings is 1. The molecule has 3 heteroatoms. The number of nitrogens with one attached hydrogen (secondary N) is 1. The van der Waals surface area contributed by atoms with Crippen LogP contribution in [0.5, 0.6) is 0 Å². The van der Waals surface area contributed by atoms with E-state index in [1.165, 1.54) is 11.1 Å². The zero-order valence-corrected chi connectivity index (χ0v) is 9.80. The summed E-state index contributed by atoms with van der Waals surface area (Å²) in [5.41, 5.74) is 2.37. The molecule has 1 aromatic heterocycles. The number of nitrogens with zero attached hydrogens (tertiary/aromatic N) is 1. The van der Waals surface area contributed by atoms with E-state index in [9.17, 15) is 0 Å². The molecule has 0 saturated carbocycles. The fourth-order valence-electron chi connectivity index (χ4n) is 1.54. The molecule has 0 bridgehead atoms. The highest BCUT2D eigenvalue weighted by molar-refractivity contribution is 9.10. The number of rotatable bonds is 1. The van der Waals surface area contributed by atoms with Crippen LogP contribution in [-0.2, 0) is 0 Å². The van der Waals surface area contributed by atoms with Crippen LogP contribution in [0, 0.1) is 0 Å². The number of H-pyrrole nitrogens is 1. The Morgan fingerprint density at radius 3 is 2.71 bits per heavy atom. The minimum atomic E-state index is 1.10. The second-order valence-corrected chi connectivity index (χ2v) is 4.36. The third kappa shape index (κ3) is 1.60. The molecule has 72 valence electrons. The quantitative estimate of drug-likeness (QED) is 0.762. The zero-order valence-electron chi connectivity index (χ0n) is 8.21. The van der Waals surface area contributed by atoms with E-state index in [1.807, 2.05) is 12.3 Å². The van der Waals surface area contributed by atoms with Gasteiger partial charge in [-0.05, 0) is 12.1 Å². The van der Waals surface area contributed by atoms with Crippen LogP contribution in [0.4, 0.5) is 5.69 Å². The lowest BCUT2D eigenvalue weighted by atomic mass is 10.2. The topological polar surface area (TPSA) is 17.4 Å². The summed E-state index contributed by atoms with van der Waals surface area (Å²) in [4.78, 5) is 5.34. The number of aromatic amines is 1. The van der Waals surface area contributed by atoms with Gasteiger partial charge in [-0.3, -0.25) is 0 Å². The highest BCUT2D eigenvalue weighted by atomic mass is 79.9. The van der Waals surface area contributed by atoms with Gasteiger partial charge in [0.05, 0.1) is 11.1 Å². The van der Waals surface area contributed by atoms with E-state index in [0.29, 0.717) is 0 Å². The number of hydrogen-bond acceptors (Lipinski definition) is 1. The van der Waals surface area contributed by atoms with Crippen LogP contribution in [-0.4, -0.2) is 14.1 Å². The molecule has 0 fully saturated rings. The van der Waals surface area contributed by atoms with Gasteiger partial charge in [-0.25, -0.2) is 4.98 Å². The van der Waals surface area contributed by atoms with Gasteiger partial charge >= 0.3 is 0 Å². The van der Waals surface area contributed by atoms with Gasteiger partial charge in [0, 0.05) is 30.7 Å². The van der Waals surface area contributed by atoms with Gasteiger partial charge in [-0.15, -0.1) is 0 Å². The Labute approximate surface area is 91.7 Å². The molecular formula is C11H12BrN2+. The van der Waals surface area contributed by atoms with Crippen LogP contribution in [0.25, 0.3) is 10.9 Å². The molecule has 2 aromatic rings. The maximum atomic E-state index is 3.48. The first kappa shape index (κ1) is 9.46. The molecule has 0 aliphatic rings. The largest absolute Gasteiger partial charge is 0.377 e. The number of pyridine rings is 1. The maximum absolute atomic E-state index is 3.48. The molecule has 0 saturated heterocycles. The monoisotopic (exact) mass is 251 g/mol. The Balaban J connectivity index is 2.77. The molecule has 1 N–H and O–H groups in total. The van der Waals surface area contributed by atoms with Crippen molar-refractivity contribution in [1.82, 2.24) is 0 Å². The standard InChI is InChI=1S/C11H11BrN2/c1-14(2)11-5-6-13-10-4-3-8(12)7-9(10)11/h3-7H,1-2H3/p+1. The Morgan fingerprint density at radius 1 is 1.21 bits per heavy atom. The number of fused-ring (bicyclic) bond motifs is 1. The molecular weight excluding hydrogens is 240 g/mol. The predicted octanol–water partition coefficient (Wildman–Crippen LogP) is 2.48. The van der Waals surface area contributed by atoms with Crippen LogP contribution in [0.2, 0.25) is 0 Å². The van der Waals surface area contributed by atoms with Gasteiger partial charge in [0.2, 0.25) is 5.52 Å². The van der Waals surface area contributed by atoms with E-state index in [-0.39, 0.29) is 0 Å². The van der Waals surface area contributed by atoms with Gasteiger partial charge in [-0.1, -0.05) is 15.9 Å². The van der Waals surface area contributed by atoms with Crippen LogP contribution in [0.3, 0.4) is 0 Å². The van der Waals surface area contributed by atoms with E-state index in [0.717, 1.165) is 9.99 Å². The summed E-state index contributed by atoms with van der Waals surface area (Å²) < 4.78 is 1.10. The summed E-state index contributed by atoms with van der Waals surface area (Å²) in [7, 11) is 4.10. The van der Waals surface area contributed by atoms with Crippen molar-refractivity contribution in [3.8, 4) is 0 Å². The molecule has 2 rings (SSSR count). The average Bonchev–Trinajstić information content (AvgIpc) is 2.16. The minimum Gasteiger partial charge on any atom is -0.377 e. The molecule has 0 radical (unpaired) electrons. The summed E-state index contributed by atoms with van der Waals surface area (Å²) in [6.45, 7) is 0. The Kier molecular flexibility index (Phi) is 2.42. The van der Waals surface area contributed by atoms with Gasteiger partial charge in [-0.2, -0.15) is 0 Å². The van der Waals surface area contributed by atoms with Crippen molar-refractivity contribution in [1.29, 1.82) is 0 Å². The maximum Gasteiger partial charge on any atom is 0.212 e. The molecule has 0 aliphatic heterocycles. The SMILES string of the molecule is CN(C)c1cc[nH+]c2ccc(Br)cc12. The van der Waals surface area contributed by atoms with Gasteiger partial charge in [0.1, 0.15) is 0 Å². The first-order valence-corrected chi connectivity index (χ1v) is 5.25. The molecule has 1 heterocycles. The zero-order chi connectivity index (χ0) is 10.1. The van der Waals surface area contributed by atoms with E-state index < -0.39 is 0 Å². The van der Waals surface area contributed by atoms with Gasteiger partial charge in [0.15, 0.2) is 6.20 Å². The van der Waals surface area contributed by atoms with Crippen molar-refractivity contribution in [2.75, 3.05) is 19.0 Å². The normalized spacial score (nSPS) is 10.5. The third-order valence-corrected chi connectivity index (χ3v) is 2.71. The van der Waals surface area contributed by atoms with Crippen molar-refractivity contribution < 1.29 is 4.98 Å². The van der Waals surface area contributed by atoms with E-state index in [1.54, 1.807) is 0 Å². The average molecular weight is 252 g/mol. The summed E-state index contributed by atoms with van der Waals surface area (Å²) >= 11 is 3.48. The molecule has 0 aliphatic carbocycles. The molecule has 0 atom stereocenters. The van der Waals surface area contributed by atoms with Crippen LogP contribution >= 0.6 is 15.9 Å². The molecule has 1 aromatic carbocycles. The third-order valence-electron chi connectivity index (χ3n) is 2.22. The van der Waals surface area contributed by atoms with Gasteiger partial charge in [0.25, 0.3) is 0 Å². The lowest BCUT2D eigenvalue weighted by molar-refractivity contribution is -0.344. The highest BCUT2D eigenvalue weighted by Crippen LogP contribution is 2.24. The van der Waals surface area contributed by atoms with Gasteiger partial charge < -0.3 is 4.90 Å². The smallest absolute Gasteiger partial charge is 0.212 e. The first-order chi connectivity index (χ1) is 6.68. The van der Waals surface area contributed by atoms with E-state index >= 15 is 0 Å². The van der Waals surface area contributed by atoms with E-state index in [4.69, 9.17) is 0 Å². The summed E-state index contributed by atoms with van der Waals surface area (Å²) in [6.07, 6.45) is 1.96. The van der Waals surface area contributed by atoms with Crippen molar-refractivity contribution in [3.05, 3.63) is 34.9 Å². The van der Waals surface area contributed by atoms with Crippen molar-refractivity contribution in [3.63, 3.8) is 0 Å².